The van der Waals surface area contributed by atoms with Crippen molar-refractivity contribution in [2.75, 3.05) is 0 Å². The second-order valence-corrected chi connectivity index (χ2v) is 4.38. The van der Waals surface area contributed by atoms with Crippen molar-refractivity contribution in [2.24, 2.45) is 0 Å². The highest BCUT2D eigenvalue weighted by Gasteiger charge is 2.20. The van der Waals surface area contributed by atoms with Gasteiger partial charge in [0.15, 0.2) is 5.78 Å². The van der Waals surface area contributed by atoms with Crippen LogP contribution in [-0.4, -0.2) is 10.9 Å². The third-order valence-corrected chi connectivity index (χ3v) is 3.14. The SMILES string of the molecule is O=C1CCCc2c(OCc3cnoc3)cccc21. The van der Waals surface area contributed by atoms with Gasteiger partial charge in [0.05, 0.1) is 6.20 Å². The van der Waals surface area contributed by atoms with Crippen molar-refractivity contribution in [3.8, 4) is 5.75 Å². The first-order valence-electron chi connectivity index (χ1n) is 6.01. The molecule has 0 atom stereocenters. The van der Waals surface area contributed by atoms with Crippen molar-refractivity contribution in [3.63, 3.8) is 0 Å². The number of Topliss-reactive ketones (excluding diaryl/α,β-unsaturated/α-hetero) is 1. The highest BCUT2D eigenvalue weighted by atomic mass is 16.5. The summed E-state index contributed by atoms with van der Waals surface area (Å²) in [4.78, 5) is 11.8. The van der Waals surface area contributed by atoms with Crippen LogP contribution in [0.4, 0.5) is 0 Å². The minimum atomic E-state index is 0.215. The van der Waals surface area contributed by atoms with Crippen LogP contribution in [0.2, 0.25) is 0 Å². The first-order valence-corrected chi connectivity index (χ1v) is 6.01. The Morgan fingerprint density at radius 2 is 2.28 bits per heavy atom. The standard InChI is InChI=1S/C14H13NO3/c16-13-5-1-4-12-11(13)3-2-6-14(12)17-8-10-7-15-18-9-10/h2-3,6-7,9H,1,4-5,8H2. The zero-order valence-corrected chi connectivity index (χ0v) is 9.89. The zero-order chi connectivity index (χ0) is 12.4. The first-order chi connectivity index (χ1) is 8.84. The average molecular weight is 243 g/mol. The van der Waals surface area contributed by atoms with E-state index in [1.54, 1.807) is 12.5 Å². The third-order valence-electron chi connectivity index (χ3n) is 3.14. The molecule has 1 aliphatic carbocycles. The van der Waals surface area contributed by atoms with Crippen LogP contribution in [0.3, 0.4) is 0 Å². The minimum absolute atomic E-state index is 0.215. The van der Waals surface area contributed by atoms with Gasteiger partial charge in [0.2, 0.25) is 0 Å². The largest absolute Gasteiger partial charge is 0.488 e. The number of carbonyl (C=O) groups excluding carboxylic acids is 1. The molecule has 4 heteroatoms. The molecule has 2 aromatic rings. The molecule has 0 saturated carbocycles. The molecule has 0 radical (unpaired) electrons. The maximum atomic E-state index is 11.8. The lowest BCUT2D eigenvalue weighted by atomic mass is 9.90. The van der Waals surface area contributed by atoms with Gasteiger partial charge in [-0.2, -0.15) is 0 Å². The van der Waals surface area contributed by atoms with E-state index in [-0.39, 0.29) is 5.78 Å². The summed E-state index contributed by atoms with van der Waals surface area (Å²) in [6.07, 6.45) is 5.63. The van der Waals surface area contributed by atoms with Crippen LogP contribution in [0.15, 0.2) is 35.2 Å². The van der Waals surface area contributed by atoms with Gasteiger partial charge in [-0.25, -0.2) is 0 Å². The van der Waals surface area contributed by atoms with Crippen LogP contribution >= 0.6 is 0 Å². The number of rotatable bonds is 3. The van der Waals surface area contributed by atoms with E-state index in [2.05, 4.69) is 5.16 Å². The minimum Gasteiger partial charge on any atom is -0.488 e. The Hall–Kier alpha value is -2.10. The topological polar surface area (TPSA) is 52.3 Å². The smallest absolute Gasteiger partial charge is 0.163 e. The zero-order valence-electron chi connectivity index (χ0n) is 9.89. The van der Waals surface area contributed by atoms with Gasteiger partial charge in [0, 0.05) is 23.1 Å². The van der Waals surface area contributed by atoms with Gasteiger partial charge in [-0.1, -0.05) is 17.3 Å². The first kappa shape index (κ1) is 11.0. The van der Waals surface area contributed by atoms with E-state index in [0.717, 1.165) is 35.3 Å². The summed E-state index contributed by atoms with van der Waals surface area (Å²) in [5, 5.41) is 3.62. The lowest BCUT2D eigenvalue weighted by molar-refractivity contribution is 0.0971. The van der Waals surface area contributed by atoms with Gasteiger partial charge in [-0.3, -0.25) is 4.79 Å². The van der Waals surface area contributed by atoms with Crippen molar-refractivity contribution >= 4 is 5.78 Å². The lowest BCUT2D eigenvalue weighted by Gasteiger charge is -2.18. The molecule has 0 fully saturated rings. The van der Waals surface area contributed by atoms with Crippen LogP contribution in [0, 0.1) is 0 Å². The molecule has 92 valence electrons. The maximum absolute atomic E-state index is 11.8. The molecule has 4 nitrogen and oxygen atoms in total. The Balaban J connectivity index is 1.84. The summed E-state index contributed by atoms with van der Waals surface area (Å²) in [6, 6.07) is 5.65. The van der Waals surface area contributed by atoms with Crippen LogP contribution in [-0.2, 0) is 13.0 Å². The van der Waals surface area contributed by atoms with E-state index in [0.29, 0.717) is 13.0 Å². The number of nitrogens with zero attached hydrogens (tertiary/aromatic N) is 1. The van der Waals surface area contributed by atoms with Crippen molar-refractivity contribution < 1.29 is 14.1 Å². The molecule has 1 heterocycles. The molecule has 0 spiro atoms. The van der Waals surface area contributed by atoms with Gasteiger partial charge in [0.1, 0.15) is 18.6 Å². The third kappa shape index (κ3) is 2.01. The molecule has 18 heavy (non-hydrogen) atoms. The van der Waals surface area contributed by atoms with Gasteiger partial charge in [-0.05, 0) is 18.9 Å². The molecule has 1 aliphatic rings. The fourth-order valence-electron chi connectivity index (χ4n) is 2.24. The van der Waals surface area contributed by atoms with Crippen molar-refractivity contribution in [3.05, 3.63) is 47.3 Å². The normalized spacial score (nSPS) is 14.3. The Morgan fingerprint density at radius 1 is 1.33 bits per heavy atom. The van der Waals surface area contributed by atoms with Crippen LogP contribution in [0.5, 0.6) is 5.75 Å². The molecule has 1 aromatic heterocycles. The lowest BCUT2D eigenvalue weighted by Crippen LogP contribution is -2.12. The van der Waals surface area contributed by atoms with E-state index < -0.39 is 0 Å². The van der Waals surface area contributed by atoms with E-state index in [9.17, 15) is 4.79 Å². The van der Waals surface area contributed by atoms with Gasteiger partial charge in [0.25, 0.3) is 0 Å². The number of hydrogen-bond donors (Lipinski definition) is 0. The number of fused-ring (bicyclic) bond motifs is 1. The van der Waals surface area contributed by atoms with Crippen molar-refractivity contribution in [1.29, 1.82) is 0 Å². The molecule has 0 aliphatic heterocycles. The van der Waals surface area contributed by atoms with E-state index >= 15 is 0 Å². The summed E-state index contributed by atoms with van der Waals surface area (Å²) in [5.74, 6) is 1.01. The van der Waals surface area contributed by atoms with Crippen molar-refractivity contribution in [2.45, 2.75) is 25.9 Å². The Morgan fingerprint density at radius 3 is 3.11 bits per heavy atom. The van der Waals surface area contributed by atoms with Crippen molar-refractivity contribution in [1.82, 2.24) is 5.16 Å². The molecular formula is C14H13NO3. The predicted octanol–water partition coefficient (Wildman–Crippen LogP) is 2.77. The Labute approximate surface area is 105 Å². The van der Waals surface area contributed by atoms with E-state index in [1.807, 2.05) is 18.2 Å². The monoisotopic (exact) mass is 243 g/mol. The second kappa shape index (κ2) is 4.64. The number of hydrogen-bond acceptors (Lipinski definition) is 4. The summed E-state index contributed by atoms with van der Waals surface area (Å²) < 4.78 is 10.5. The fraction of sp³-hybridized carbons (Fsp3) is 0.286. The second-order valence-electron chi connectivity index (χ2n) is 4.38. The number of aromatic nitrogens is 1. The molecule has 0 amide bonds. The summed E-state index contributed by atoms with van der Waals surface area (Å²) in [6.45, 7) is 0.411. The summed E-state index contributed by atoms with van der Waals surface area (Å²) in [7, 11) is 0. The van der Waals surface area contributed by atoms with Crippen LogP contribution in [0.1, 0.15) is 34.3 Å². The number of benzene rings is 1. The molecule has 0 N–H and O–H groups in total. The van der Waals surface area contributed by atoms with E-state index in [4.69, 9.17) is 9.26 Å². The molecule has 1 aromatic carbocycles. The fourth-order valence-corrected chi connectivity index (χ4v) is 2.24. The van der Waals surface area contributed by atoms with Gasteiger partial charge >= 0.3 is 0 Å². The molecule has 0 unspecified atom stereocenters. The molecular weight excluding hydrogens is 230 g/mol. The molecule has 0 bridgehead atoms. The Kier molecular flexibility index (Phi) is 2.84. The highest BCUT2D eigenvalue weighted by Crippen LogP contribution is 2.29. The summed E-state index contributed by atoms with van der Waals surface area (Å²) in [5.41, 5.74) is 2.73. The van der Waals surface area contributed by atoms with Crippen LogP contribution < -0.4 is 4.74 Å². The maximum Gasteiger partial charge on any atom is 0.163 e. The highest BCUT2D eigenvalue weighted by molar-refractivity contribution is 5.99. The number of carbonyl (C=O) groups is 1. The number of ether oxygens (including phenoxy) is 1. The molecule has 3 rings (SSSR count). The van der Waals surface area contributed by atoms with Crippen LogP contribution in [0.25, 0.3) is 0 Å². The average Bonchev–Trinajstić information content (AvgIpc) is 2.90. The number of ketones is 1. The van der Waals surface area contributed by atoms with E-state index in [1.165, 1.54) is 0 Å². The van der Waals surface area contributed by atoms with Gasteiger partial charge in [-0.15, -0.1) is 0 Å². The summed E-state index contributed by atoms with van der Waals surface area (Å²) >= 11 is 0. The molecule has 0 saturated heterocycles. The Bertz CT molecular complexity index is 560. The van der Waals surface area contributed by atoms with Gasteiger partial charge < -0.3 is 9.26 Å². The predicted molar refractivity (Wildman–Crippen MR) is 64.5 cm³/mol. The quantitative estimate of drug-likeness (QED) is 0.831.